The van der Waals surface area contributed by atoms with E-state index < -0.39 is 10.2 Å². The van der Waals surface area contributed by atoms with Crippen molar-refractivity contribution in [2.45, 2.75) is 12.8 Å². The van der Waals surface area contributed by atoms with Crippen LogP contribution in [0.1, 0.15) is 12.8 Å². The Morgan fingerprint density at radius 1 is 1.53 bits per heavy atom. The second-order valence-corrected chi connectivity index (χ2v) is 5.84. The average molecular weight is 259 g/mol. The fraction of sp³-hybridized carbons (Fsp3) is 0.667. The van der Waals surface area contributed by atoms with E-state index in [9.17, 15) is 8.42 Å². The Morgan fingerprint density at radius 3 is 2.76 bits per heavy atom. The number of hydrogen-bond acceptors (Lipinski definition) is 4. The van der Waals surface area contributed by atoms with Gasteiger partial charge in [0.15, 0.2) is 0 Å². The molecular formula is C9H17N5O2S. The van der Waals surface area contributed by atoms with Crippen LogP contribution in [0.4, 0.5) is 5.69 Å². The summed E-state index contributed by atoms with van der Waals surface area (Å²) in [5, 5.41) is 6.25. The molecule has 0 unspecified atom stereocenters. The van der Waals surface area contributed by atoms with Gasteiger partial charge < -0.3 is 5.73 Å². The second kappa shape index (κ2) is 5.03. The van der Waals surface area contributed by atoms with Crippen molar-refractivity contribution >= 4 is 15.9 Å². The van der Waals surface area contributed by atoms with E-state index >= 15 is 0 Å². The minimum atomic E-state index is -3.46. The van der Waals surface area contributed by atoms with E-state index in [0.717, 1.165) is 12.8 Å². The van der Waals surface area contributed by atoms with Crippen LogP contribution in [0, 0.1) is 5.92 Å². The maximum Gasteiger partial charge on any atom is 0.301 e. The maximum atomic E-state index is 12.0. The van der Waals surface area contributed by atoms with Crippen LogP contribution >= 0.6 is 0 Å². The molecule has 2 heterocycles. The fourth-order valence-electron chi connectivity index (χ4n) is 1.91. The van der Waals surface area contributed by atoms with E-state index in [1.165, 1.54) is 16.7 Å². The van der Waals surface area contributed by atoms with Crippen LogP contribution in [-0.4, -0.2) is 42.6 Å². The Balaban J connectivity index is 1.97. The molecular weight excluding hydrogens is 242 g/mol. The lowest BCUT2D eigenvalue weighted by Crippen LogP contribution is -2.42. The van der Waals surface area contributed by atoms with Gasteiger partial charge in [0.25, 0.3) is 0 Å². The summed E-state index contributed by atoms with van der Waals surface area (Å²) < 4.78 is 27.9. The first-order chi connectivity index (χ1) is 8.12. The van der Waals surface area contributed by atoms with Gasteiger partial charge in [0.1, 0.15) is 0 Å². The molecule has 96 valence electrons. The third-order valence-electron chi connectivity index (χ3n) is 2.99. The normalized spacial score (nSPS) is 19.4. The van der Waals surface area contributed by atoms with Crippen LogP contribution in [0.3, 0.4) is 0 Å². The number of nitrogens with zero attached hydrogens (tertiary/aromatic N) is 2. The molecule has 2 rings (SSSR count). The Bertz CT molecular complexity index is 436. The monoisotopic (exact) mass is 259 g/mol. The van der Waals surface area contributed by atoms with Gasteiger partial charge in [0.05, 0.1) is 11.9 Å². The van der Waals surface area contributed by atoms with Crippen LogP contribution in [0.2, 0.25) is 0 Å². The number of nitrogens with two attached hydrogens (primary N) is 1. The second-order valence-electron chi connectivity index (χ2n) is 4.17. The molecule has 0 aliphatic carbocycles. The molecule has 0 aromatic carbocycles. The quantitative estimate of drug-likeness (QED) is 0.692. The standard InChI is InChI=1S/C9H17N5O2S/c10-5-8-1-3-14(4-2-8)17(15,16)13-9-6-11-12-7-9/h6-8,13H,1-5,10H2,(H,11,12). The number of H-pyrrole nitrogens is 1. The van der Waals surface area contributed by atoms with Gasteiger partial charge in [-0.25, -0.2) is 0 Å². The van der Waals surface area contributed by atoms with Gasteiger partial charge in [-0.2, -0.15) is 17.8 Å². The van der Waals surface area contributed by atoms with Gasteiger partial charge in [-0.15, -0.1) is 0 Å². The third-order valence-corrected chi connectivity index (χ3v) is 4.53. The molecule has 8 heteroatoms. The Hall–Kier alpha value is -1.12. The molecule has 0 bridgehead atoms. The van der Waals surface area contributed by atoms with E-state index in [-0.39, 0.29) is 0 Å². The highest BCUT2D eigenvalue weighted by atomic mass is 32.2. The lowest BCUT2D eigenvalue weighted by Gasteiger charge is -2.30. The Labute approximate surface area is 101 Å². The molecule has 0 radical (unpaired) electrons. The minimum Gasteiger partial charge on any atom is -0.330 e. The molecule has 1 aromatic heterocycles. The smallest absolute Gasteiger partial charge is 0.301 e. The summed E-state index contributed by atoms with van der Waals surface area (Å²) in [7, 11) is -3.46. The highest BCUT2D eigenvalue weighted by Crippen LogP contribution is 2.19. The first-order valence-corrected chi connectivity index (χ1v) is 7.02. The molecule has 1 fully saturated rings. The molecule has 0 spiro atoms. The number of aromatic amines is 1. The zero-order valence-corrected chi connectivity index (χ0v) is 10.3. The summed E-state index contributed by atoms with van der Waals surface area (Å²) >= 11 is 0. The van der Waals surface area contributed by atoms with Crippen molar-refractivity contribution in [1.29, 1.82) is 0 Å². The lowest BCUT2D eigenvalue weighted by molar-refractivity contribution is 0.280. The zero-order chi connectivity index (χ0) is 12.3. The van der Waals surface area contributed by atoms with E-state index in [2.05, 4.69) is 14.9 Å². The largest absolute Gasteiger partial charge is 0.330 e. The summed E-state index contributed by atoms with van der Waals surface area (Å²) in [4.78, 5) is 0. The summed E-state index contributed by atoms with van der Waals surface area (Å²) in [6, 6.07) is 0. The fourth-order valence-corrected chi connectivity index (χ4v) is 3.14. The summed E-state index contributed by atoms with van der Waals surface area (Å²) in [5.41, 5.74) is 6.02. The minimum absolute atomic E-state index is 0.440. The van der Waals surface area contributed by atoms with Crippen molar-refractivity contribution in [3.8, 4) is 0 Å². The van der Waals surface area contributed by atoms with Gasteiger partial charge in [-0.1, -0.05) is 0 Å². The van der Waals surface area contributed by atoms with Crippen LogP contribution in [0.25, 0.3) is 0 Å². The van der Waals surface area contributed by atoms with Gasteiger partial charge in [0.2, 0.25) is 0 Å². The van der Waals surface area contributed by atoms with Crippen molar-refractivity contribution in [3.05, 3.63) is 12.4 Å². The van der Waals surface area contributed by atoms with E-state index in [1.54, 1.807) is 0 Å². The van der Waals surface area contributed by atoms with Gasteiger partial charge in [-0.3, -0.25) is 9.82 Å². The highest BCUT2D eigenvalue weighted by molar-refractivity contribution is 7.90. The third kappa shape index (κ3) is 2.96. The van der Waals surface area contributed by atoms with Gasteiger partial charge >= 0.3 is 10.2 Å². The van der Waals surface area contributed by atoms with Crippen LogP contribution in [-0.2, 0) is 10.2 Å². The summed E-state index contributed by atoms with van der Waals surface area (Å²) in [5.74, 6) is 0.440. The van der Waals surface area contributed by atoms with Crippen molar-refractivity contribution in [2.75, 3.05) is 24.4 Å². The lowest BCUT2D eigenvalue weighted by atomic mass is 9.99. The molecule has 1 saturated heterocycles. The first kappa shape index (κ1) is 12.3. The average Bonchev–Trinajstić information content (AvgIpc) is 2.81. The van der Waals surface area contributed by atoms with Crippen molar-refractivity contribution in [1.82, 2.24) is 14.5 Å². The van der Waals surface area contributed by atoms with E-state index in [1.807, 2.05) is 0 Å². The predicted molar refractivity (Wildman–Crippen MR) is 64.5 cm³/mol. The first-order valence-electron chi connectivity index (χ1n) is 5.58. The number of aromatic nitrogens is 2. The van der Waals surface area contributed by atoms with Gasteiger partial charge in [0, 0.05) is 19.3 Å². The summed E-state index contributed by atoms with van der Waals surface area (Å²) in [6.07, 6.45) is 4.58. The Morgan fingerprint density at radius 2 is 2.24 bits per heavy atom. The molecule has 17 heavy (non-hydrogen) atoms. The number of nitrogens with one attached hydrogen (secondary N) is 2. The molecule has 1 aromatic rings. The Kier molecular flexibility index (Phi) is 3.65. The van der Waals surface area contributed by atoms with Gasteiger partial charge in [-0.05, 0) is 25.3 Å². The number of anilines is 1. The van der Waals surface area contributed by atoms with Crippen molar-refractivity contribution in [2.24, 2.45) is 11.7 Å². The van der Waals surface area contributed by atoms with Crippen LogP contribution < -0.4 is 10.5 Å². The number of rotatable bonds is 4. The topological polar surface area (TPSA) is 104 Å². The molecule has 0 saturated carbocycles. The SMILES string of the molecule is NCC1CCN(S(=O)(=O)Nc2cn[nH]c2)CC1. The maximum absolute atomic E-state index is 12.0. The molecule has 0 atom stereocenters. The van der Waals surface area contributed by atoms with E-state index in [0.29, 0.717) is 31.2 Å². The van der Waals surface area contributed by atoms with E-state index in [4.69, 9.17) is 5.73 Å². The van der Waals surface area contributed by atoms with Crippen LogP contribution in [0.15, 0.2) is 12.4 Å². The highest BCUT2D eigenvalue weighted by Gasteiger charge is 2.27. The molecule has 0 amide bonds. The summed E-state index contributed by atoms with van der Waals surface area (Å²) in [6.45, 7) is 1.67. The number of piperidine rings is 1. The molecule has 4 N–H and O–H groups in total. The molecule has 1 aliphatic heterocycles. The van der Waals surface area contributed by atoms with Crippen LogP contribution in [0.5, 0.6) is 0 Å². The number of hydrogen-bond donors (Lipinski definition) is 3. The van der Waals surface area contributed by atoms with Crippen molar-refractivity contribution < 1.29 is 8.42 Å². The molecule has 1 aliphatic rings. The molecule has 7 nitrogen and oxygen atoms in total. The predicted octanol–water partition coefficient (Wildman–Crippen LogP) is -0.263. The zero-order valence-electron chi connectivity index (χ0n) is 9.46. The van der Waals surface area contributed by atoms with Crippen molar-refractivity contribution in [3.63, 3.8) is 0 Å².